The molecule has 0 saturated carbocycles. The van der Waals surface area contributed by atoms with Gasteiger partial charge in [-0.2, -0.15) is 0 Å². The average molecular weight is 132 g/mol. The third-order valence-electron chi connectivity index (χ3n) is 1.50. The van der Waals surface area contributed by atoms with Crippen molar-refractivity contribution in [1.29, 1.82) is 0 Å². The molecule has 0 amide bonds. The van der Waals surface area contributed by atoms with E-state index in [4.69, 9.17) is 0 Å². The number of nitrogens with zero attached hydrogens (tertiary/aromatic N) is 2. The first kappa shape index (κ1) is 5.47. The third kappa shape index (κ3) is 0.778. The van der Waals surface area contributed by atoms with Crippen molar-refractivity contribution >= 4 is 12.3 Å². The fraction of sp³-hybridized carbons (Fsp3) is 0.125. The van der Waals surface area contributed by atoms with Crippen LogP contribution in [0.2, 0.25) is 0 Å². The lowest BCUT2D eigenvalue weighted by atomic mass is 10.4. The SMILES string of the molecule is C1=Cc2nccn2C=CC1. The molecule has 0 radical (unpaired) electrons. The van der Waals surface area contributed by atoms with E-state index in [0.717, 1.165) is 12.2 Å². The molecule has 2 nitrogen and oxygen atoms in total. The molecule has 0 aliphatic carbocycles. The summed E-state index contributed by atoms with van der Waals surface area (Å²) in [6.45, 7) is 0. The fourth-order valence-corrected chi connectivity index (χ4v) is 1.01. The molecular weight excluding hydrogens is 124 g/mol. The van der Waals surface area contributed by atoms with Gasteiger partial charge in [-0.05, 0) is 12.5 Å². The van der Waals surface area contributed by atoms with Crippen molar-refractivity contribution in [2.24, 2.45) is 0 Å². The van der Waals surface area contributed by atoms with Gasteiger partial charge in [0, 0.05) is 18.6 Å². The molecule has 10 heavy (non-hydrogen) atoms. The molecule has 2 heterocycles. The Hall–Kier alpha value is -1.31. The van der Waals surface area contributed by atoms with Gasteiger partial charge >= 0.3 is 0 Å². The fourth-order valence-electron chi connectivity index (χ4n) is 1.01. The Balaban J connectivity index is 2.56. The first-order valence-electron chi connectivity index (χ1n) is 3.33. The Morgan fingerprint density at radius 3 is 3.40 bits per heavy atom. The molecule has 0 atom stereocenters. The molecule has 1 aromatic heterocycles. The van der Waals surface area contributed by atoms with Gasteiger partial charge in [0.15, 0.2) is 0 Å². The van der Waals surface area contributed by atoms with Gasteiger partial charge in [0.25, 0.3) is 0 Å². The van der Waals surface area contributed by atoms with Crippen LogP contribution < -0.4 is 0 Å². The lowest BCUT2D eigenvalue weighted by Gasteiger charge is -1.91. The molecule has 1 aliphatic rings. The highest BCUT2D eigenvalue weighted by molar-refractivity contribution is 5.47. The minimum atomic E-state index is 1.00. The standard InChI is InChI=1S/C8H8N2/c1-2-4-8-9-5-7-10(8)6-3-1/h2-7H,1H2. The summed E-state index contributed by atoms with van der Waals surface area (Å²) in [5.74, 6) is 1.01. The summed E-state index contributed by atoms with van der Waals surface area (Å²) in [5.41, 5.74) is 0. The summed E-state index contributed by atoms with van der Waals surface area (Å²) >= 11 is 0. The number of hydrogen-bond donors (Lipinski definition) is 0. The van der Waals surface area contributed by atoms with Crippen LogP contribution in [0.1, 0.15) is 12.2 Å². The maximum Gasteiger partial charge on any atom is 0.136 e. The lowest BCUT2D eigenvalue weighted by Crippen LogP contribution is -1.85. The molecule has 0 aromatic carbocycles. The lowest BCUT2D eigenvalue weighted by molar-refractivity contribution is 1.11. The number of imidazole rings is 1. The molecule has 2 heteroatoms. The molecule has 0 N–H and O–H groups in total. The minimum absolute atomic E-state index is 1.00. The number of allylic oxidation sites excluding steroid dienone is 2. The molecule has 1 aromatic rings. The van der Waals surface area contributed by atoms with Gasteiger partial charge in [0.2, 0.25) is 0 Å². The van der Waals surface area contributed by atoms with Crippen LogP contribution in [0, 0.1) is 0 Å². The molecule has 0 bridgehead atoms. The highest BCUT2D eigenvalue weighted by Gasteiger charge is 1.95. The van der Waals surface area contributed by atoms with E-state index in [1.807, 2.05) is 23.0 Å². The van der Waals surface area contributed by atoms with Crippen LogP contribution in [-0.4, -0.2) is 9.55 Å². The Morgan fingerprint density at radius 1 is 1.40 bits per heavy atom. The molecule has 2 rings (SSSR count). The zero-order chi connectivity index (χ0) is 6.81. The molecular formula is C8H8N2. The second kappa shape index (κ2) is 2.14. The van der Waals surface area contributed by atoms with E-state index in [9.17, 15) is 0 Å². The largest absolute Gasteiger partial charge is 0.307 e. The van der Waals surface area contributed by atoms with Crippen molar-refractivity contribution in [3.63, 3.8) is 0 Å². The van der Waals surface area contributed by atoms with Crippen molar-refractivity contribution in [3.8, 4) is 0 Å². The van der Waals surface area contributed by atoms with Gasteiger partial charge in [0.1, 0.15) is 5.82 Å². The van der Waals surface area contributed by atoms with Crippen molar-refractivity contribution < 1.29 is 0 Å². The predicted molar refractivity (Wildman–Crippen MR) is 41.2 cm³/mol. The van der Waals surface area contributed by atoms with Gasteiger partial charge in [-0.15, -0.1) is 0 Å². The van der Waals surface area contributed by atoms with E-state index >= 15 is 0 Å². The number of aromatic nitrogens is 2. The van der Waals surface area contributed by atoms with Crippen LogP contribution in [0.5, 0.6) is 0 Å². The Labute approximate surface area is 59.5 Å². The van der Waals surface area contributed by atoms with Crippen LogP contribution in [0.4, 0.5) is 0 Å². The predicted octanol–water partition coefficient (Wildman–Crippen LogP) is 1.77. The second-order valence-electron chi connectivity index (χ2n) is 2.22. The maximum absolute atomic E-state index is 4.14. The van der Waals surface area contributed by atoms with Crippen molar-refractivity contribution in [1.82, 2.24) is 9.55 Å². The van der Waals surface area contributed by atoms with E-state index in [1.54, 1.807) is 6.20 Å². The summed E-state index contributed by atoms with van der Waals surface area (Å²) in [6.07, 6.45) is 13.0. The molecule has 1 aliphatic heterocycles. The topological polar surface area (TPSA) is 17.8 Å². The monoisotopic (exact) mass is 132 g/mol. The van der Waals surface area contributed by atoms with E-state index < -0.39 is 0 Å². The molecule has 0 unspecified atom stereocenters. The smallest absolute Gasteiger partial charge is 0.136 e. The minimum Gasteiger partial charge on any atom is -0.307 e. The van der Waals surface area contributed by atoms with Crippen LogP contribution >= 0.6 is 0 Å². The zero-order valence-electron chi connectivity index (χ0n) is 5.57. The van der Waals surface area contributed by atoms with Gasteiger partial charge in [-0.1, -0.05) is 12.2 Å². The first-order valence-corrected chi connectivity index (χ1v) is 3.33. The summed E-state index contributed by atoms with van der Waals surface area (Å²) in [5, 5.41) is 0. The number of fused-ring (bicyclic) bond motifs is 1. The summed E-state index contributed by atoms with van der Waals surface area (Å²) in [6, 6.07) is 0. The Kier molecular flexibility index (Phi) is 1.17. The summed E-state index contributed by atoms with van der Waals surface area (Å²) in [7, 11) is 0. The molecule has 50 valence electrons. The van der Waals surface area contributed by atoms with E-state index in [-0.39, 0.29) is 0 Å². The second-order valence-corrected chi connectivity index (χ2v) is 2.22. The normalized spacial score (nSPS) is 14.8. The summed E-state index contributed by atoms with van der Waals surface area (Å²) < 4.78 is 2.00. The van der Waals surface area contributed by atoms with Gasteiger partial charge < -0.3 is 4.57 Å². The Bertz CT molecular complexity index is 255. The number of rotatable bonds is 0. The van der Waals surface area contributed by atoms with Crippen LogP contribution in [-0.2, 0) is 0 Å². The zero-order valence-corrected chi connectivity index (χ0v) is 5.57. The van der Waals surface area contributed by atoms with Gasteiger partial charge in [-0.25, -0.2) is 4.98 Å². The highest BCUT2D eigenvalue weighted by Crippen LogP contribution is 2.06. The quantitative estimate of drug-likeness (QED) is 0.526. The first-order chi connectivity index (χ1) is 4.97. The van der Waals surface area contributed by atoms with Crippen LogP contribution in [0.3, 0.4) is 0 Å². The van der Waals surface area contributed by atoms with Crippen LogP contribution in [0.25, 0.3) is 12.3 Å². The van der Waals surface area contributed by atoms with E-state index in [0.29, 0.717) is 0 Å². The maximum atomic E-state index is 4.14. The van der Waals surface area contributed by atoms with Gasteiger partial charge in [-0.3, -0.25) is 0 Å². The van der Waals surface area contributed by atoms with Crippen molar-refractivity contribution in [2.75, 3.05) is 0 Å². The van der Waals surface area contributed by atoms with Crippen LogP contribution in [0.15, 0.2) is 24.5 Å². The molecule has 0 saturated heterocycles. The summed E-state index contributed by atoms with van der Waals surface area (Å²) in [4.78, 5) is 4.14. The van der Waals surface area contributed by atoms with Crippen molar-refractivity contribution in [2.45, 2.75) is 6.42 Å². The third-order valence-corrected chi connectivity index (χ3v) is 1.50. The van der Waals surface area contributed by atoms with E-state index in [1.165, 1.54) is 0 Å². The van der Waals surface area contributed by atoms with E-state index in [2.05, 4.69) is 17.1 Å². The average Bonchev–Trinajstić information content (AvgIpc) is 2.28. The number of hydrogen-bond acceptors (Lipinski definition) is 1. The van der Waals surface area contributed by atoms with Crippen molar-refractivity contribution in [3.05, 3.63) is 30.4 Å². The highest BCUT2D eigenvalue weighted by atomic mass is 15.0. The molecule has 0 spiro atoms. The van der Waals surface area contributed by atoms with Gasteiger partial charge in [0.05, 0.1) is 0 Å². The Morgan fingerprint density at radius 2 is 2.40 bits per heavy atom. The molecule has 0 fully saturated rings.